The Morgan fingerprint density at radius 1 is 1.15 bits per heavy atom. The predicted octanol–water partition coefficient (Wildman–Crippen LogP) is 3.48. The van der Waals surface area contributed by atoms with E-state index >= 15 is 0 Å². The molecule has 1 aliphatic rings. The van der Waals surface area contributed by atoms with Gasteiger partial charge >= 0.3 is 0 Å². The number of thioether (sulfide) groups is 1. The number of nitrogens with zero attached hydrogens (tertiary/aromatic N) is 4. The molecule has 0 bridgehead atoms. The van der Waals surface area contributed by atoms with E-state index in [4.69, 9.17) is 0 Å². The van der Waals surface area contributed by atoms with Gasteiger partial charge in [-0.25, -0.2) is 4.98 Å². The van der Waals surface area contributed by atoms with Gasteiger partial charge in [0.05, 0.1) is 12.2 Å². The van der Waals surface area contributed by atoms with E-state index in [0.29, 0.717) is 33.4 Å². The summed E-state index contributed by atoms with van der Waals surface area (Å²) in [5.41, 5.74) is 3.01. The van der Waals surface area contributed by atoms with Crippen LogP contribution in [0.1, 0.15) is 40.0 Å². The molecule has 1 aromatic carbocycles. The number of nitrogens with one attached hydrogen (secondary N) is 2. The van der Waals surface area contributed by atoms with E-state index in [-0.39, 0.29) is 30.7 Å². The topological polar surface area (TPSA) is 135 Å². The van der Waals surface area contributed by atoms with Crippen LogP contribution in [0, 0.1) is 22.7 Å². The van der Waals surface area contributed by atoms with E-state index < -0.39 is 0 Å². The number of carbonyl (C=O) groups is 1. The van der Waals surface area contributed by atoms with Crippen molar-refractivity contribution in [3.05, 3.63) is 71.0 Å². The summed E-state index contributed by atoms with van der Waals surface area (Å²) in [4.78, 5) is 21.1. The molecule has 3 aromatic rings. The Bertz CT molecular complexity index is 1280. The molecule has 3 N–H and O–H groups in total. The van der Waals surface area contributed by atoms with Gasteiger partial charge in [0.1, 0.15) is 34.2 Å². The monoisotopic (exact) mass is 470 g/mol. The largest absolute Gasteiger partial charge is 0.395 e. The zero-order chi connectivity index (χ0) is 23.9. The van der Waals surface area contributed by atoms with Gasteiger partial charge in [-0.1, -0.05) is 30.3 Å². The second-order valence-electron chi connectivity index (χ2n) is 7.72. The first-order valence-electron chi connectivity index (χ1n) is 10.8. The third-order valence-corrected chi connectivity index (χ3v) is 6.25. The average molecular weight is 471 g/mol. The van der Waals surface area contributed by atoms with Crippen molar-refractivity contribution in [3.8, 4) is 23.3 Å². The first kappa shape index (κ1) is 23.2. The van der Waals surface area contributed by atoms with Gasteiger partial charge in [-0.3, -0.25) is 9.78 Å². The maximum absolute atomic E-state index is 12.3. The molecule has 9 heteroatoms. The van der Waals surface area contributed by atoms with E-state index in [1.165, 1.54) is 11.8 Å². The Hall–Kier alpha value is -3.92. The fourth-order valence-corrected chi connectivity index (χ4v) is 4.33. The zero-order valence-electron chi connectivity index (χ0n) is 18.3. The van der Waals surface area contributed by atoms with Crippen molar-refractivity contribution in [3.63, 3.8) is 0 Å². The van der Waals surface area contributed by atoms with Gasteiger partial charge in [0.15, 0.2) is 0 Å². The highest BCUT2D eigenvalue weighted by atomic mass is 32.2. The van der Waals surface area contributed by atoms with Crippen molar-refractivity contribution < 1.29 is 9.90 Å². The summed E-state index contributed by atoms with van der Waals surface area (Å²) < 4.78 is 0. The fourth-order valence-electron chi connectivity index (χ4n) is 3.40. The molecule has 1 aliphatic carbocycles. The van der Waals surface area contributed by atoms with Gasteiger partial charge in [0.25, 0.3) is 5.91 Å². The number of nitriles is 2. The lowest BCUT2D eigenvalue weighted by atomic mass is 9.97. The molecule has 170 valence electrons. The first-order valence-corrected chi connectivity index (χ1v) is 11.8. The highest BCUT2D eigenvalue weighted by Crippen LogP contribution is 2.37. The quantitative estimate of drug-likeness (QED) is 0.405. The summed E-state index contributed by atoms with van der Waals surface area (Å²) in [6, 6.07) is 17.4. The lowest BCUT2D eigenvalue weighted by molar-refractivity contribution is 0.0946. The molecule has 0 unspecified atom stereocenters. The standard InChI is InChI=1S/C25H22N6O2S/c26-13-19-22(17-4-2-1-3-5-17)20(14-27)25(31-23(19)29-10-11-32)34-15-16-8-9-28-21(12-16)24(33)30-18-6-7-18/h1-5,8-9,12,18,32H,6-7,10-11,15H2,(H,29,31)(H,30,33). The predicted molar refractivity (Wildman–Crippen MR) is 129 cm³/mol. The van der Waals surface area contributed by atoms with Crippen LogP contribution < -0.4 is 10.6 Å². The van der Waals surface area contributed by atoms with Crippen LogP contribution in [0.15, 0.2) is 53.7 Å². The van der Waals surface area contributed by atoms with Crippen LogP contribution in [0.3, 0.4) is 0 Å². The molecular weight excluding hydrogens is 448 g/mol. The summed E-state index contributed by atoms with van der Waals surface area (Å²) in [6.07, 6.45) is 3.59. The second kappa shape index (κ2) is 10.8. The summed E-state index contributed by atoms with van der Waals surface area (Å²) in [5.74, 6) is 0.578. The molecule has 2 aromatic heterocycles. The first-order chi connectivity index (χ1) is 16.6. The molecular formula is C25H22N6O2S. The van der Waals surface area contributed by atoms with E-state index in [0.717, 1.165) is 24.0 Å². The van der Waals surface area contributed by atoms with Crippen molar-refractivity contribution in [2.24, 2.45) is 0 Å². The number of rotatable bonds is 9. The zero-order valence-corrected chi connectivity index (χ0v) is 19.1. The Morgan fingerprint density at radius 3 is 2.59 bits per heavy atom. The smallest absolute Gasteiger partial charge is 0.270 e. The molecule has 0 saturated heterocycles. The summed E-state index contributed by atoms with van der Waals surface area (Å²) in [6.45, 7) is 0.0914. The lowest BCUT2D eigenvalue weighted by Crippen LogP contribution is -2.26. The number of aromatic nitrogens is 2. The maximum Gasteiger partial charge on any atom is 0.270 e. The number of aliphatic hydroxyl groups excluding tert-OH is 1. The van der Waals surface area contributed by atoms with Gasteiger partial charge in [-0.2, -0.15) is 10.5 Å². The van der Waals surface area contributed by atoms with Crippen LogP contribution in [0.25, 0.3) is 11.1 Å². The van der Waals surface area contributed by atoms with Crippen LogP contribution in [0.4, 0.5) is 5.82 Å². The average Bonchev–Trinajstić information content (AvgIpc) is 3.70. The number of carbonyl (C=O) groups excluding carboxylic acids is 1. The minimum absolute atomic E-state index is 0.127. The van der Waals surface area contributed by atoms with Gasteiger partial charge in [0.2, 0.25) is 0 Å². The van der Waals surface area contributed by atoms with Gasteiger partial charge in [-0.05, 0) is 36.1 Å². The number of hydrogen-bond acceptors (Lipinski definition) is 8. The number of aliphatic hydroxyl groups is 1. The molecule has 1 fully saturated rings. The SMILES string of the molecule is N#Cc1c(NCCO)nc(SCc2ccnc(C(=O)NC3CC3)c2)c(C#N)c1-c1ccccc1. The van der Waals surface area contributed by atoms with Gasteiger partial charge in [0, 0.05) is 30.1 Å². The normalized spacial score (nSPS) is 12.4. The van der Waals surface area contributed by atoms with E-state index in [9.17, 15) is 20.4 Å². The molecule has 8 nitrogen and oxygen atoms in total. The molecule has 1 saturated carbocycles. The van der Waals surface area contributed by atoms with E-state index in [2.05, 4.69) is 32.7 Å². The van der Waals surface area contributed by atoms with Gasteiger partial charge in [-0.15, -0.1) is 11.8 Å². The molecule has 34 heavy (non-hydrogen) atoms. The van der Waals surface area contributed by atoms with Gasteiger partial charge < -0.3 is 15.7 Å². The van der Waals surface area contributed by atoms with Crippen molar-refractivity contribution in [2.45, 2.75) is 29.7 Å². The number of anilines is 1. The minimum atomic E-state index is -0.189. The Morgan fingerprint density at radius 2 is 1.91 bits per heavy atom. The highest BCUT2D eigenvalue weighted by Gasteiger charge is 2.25. The third-order valence-electron chi connectivity index (χ3n) is 5.20. The number of pyridine rings is 2. The summed E-state index contributed by atoms with van der Waals surface area (Å²) in [5, 5.41) is 35.5. The molecule has 4 rings (SSSR count). The van der Waals surface area contributed by atoms with E-state index in [1.54, 1.807) is 12.3 Å². The second-order valence-corrected chi connectivity index (χ2v) is 8.68. The Labute approximate surface area is 201 Å². The van der Waals surface area contributed by atoms with Crippen molar-refractivity contribution >= 4 is 23.5 Å². The van der Waals surface area contributed by atoms with Crippen LogP contribution in [0.5, 0.6) is 0 Å². The highest BCUT2D eigenvalue weighted by molar-refractivity contribution is 7.98. The Balaban J connectivity index is 1.68. The molecule has 0 radical (unpaired) electrons. The molecule has 0 spiro atoms. The minimum Gasteiger partial charge on any atom is -0.395 e. The number of benzene rings is 1. The third kappa shape index (κ3) is 5.34. The van der Waals surface area contributed by atoms with Crippen molar-refractivity contribution in [1.82, 2.24) is 15.3 Å². The van der Waals surface area contributed by atoms with Crippen LogP contribution in [-0.2, 0) is 5.75 Å². The summed E-state index contributed by atoms with van der Waals surface area (Å²) in [7, 11) is 0. The number of amides is 1. The molecule has 1 amide bonds. The van der Waals surface area contributed by atoms with Crippen LogP contribution >= 0.6 is 11.8 Å². The van der Waals surface area contributed by atoms with Crippen molar-refractivity contribution in [1.29, 1.82) is 10.5 Å². The fraction of sp³-hybridized carbons (Fsp3) is 0.240. The molecule has 0 atom stereocenters. The maximum atomic E-state index is 12.3. The van der Waals surface area contributed by atoms with Crippen LogP contribution in [-0.4, -0.2) is 40.2 Å². The van der Waals surface area contributed by atoms with Crippen molar-refractivity contribution in [2.75, 3.05) is 18.5 Å². The summed E-state index contributed by atoms with van der Waals surface area (Å²) >= 11 is 1.34. The lowest BCUT2D eigenvalue weighted by Gasteiger charge is -2.16. The van der Waals surface area contributed by atoms with Crippen LogP contribution in [0.2, 0.25) is 0 Å². The Kier molecular flexibility index (Phi) is 7.38. The molecule has 0 aliphatic heterocycles. The van der Waals surface area contributed by atoms with E-state index in [1.807, 2.05) is 36.4 Å². The number of hydrogen-bond donors (Lipinski definition) is 3. The molecule has 2 heterocycles.